The van der Waals surface area contributed by atoms with Crippen LogP contribution in [0.15, 0.2) is 0 Å². The molecule has 2 atom stereocenters. The predicted octanol–water partition coefficient (Wildman–Crippen LogP) is 1.58. The SMILES string of the molecule is CCCC(CNC(=O)NC(C)CC)C(=O)O. The van der Waals surface area contributed by atoms with Crippen molar-refractivity contribution < 1.29 is 14.7 Å². The van der Waals surface area contributed by atoms with Crippen molar-refractivity contribution >= 4 is 12.0 Å². The summed E-state index contributed by atoms with van der Waals surface area (Å²) < 4.78 is 0. The molecular weight excluding hydrogens is 208 g/mol. The first-order chi connectivity index (χ1) is 7.51. The average Bonchev–Trinajstić information content (AvgIpc) is 2.23. The van der Waals surface area contributed by atoms with Crippen LogP contribution in [0.25, 0.3) is 0 Å². The van der Waals surface area contributed by atoms with Gasteiger partial charge in [0.25, 0.3) is 0 Å². The van der Waals surface area contributed by atoms with E-state index in [1.807, 2.05) is 20.8 Å². The number of nitrogens with one attached hydrogen (secondary N) is 2. The number of carbonyl (C=O) groups excluding carboxylic acids is 1. The molecule has 94 valence electrons. The van der Waals surface area contributed by atoms with E-state index in [1.54, 1.807) is 0 Å². The third kappa shape index (κ3) is 6.27. The van der Waals surface area contributed by atoms with E-state index < -0.39 is 11.9 Å². The van der Waals surface area contributed by atoms with E-state index in [2.05, 4.69) is 10.6 Å². The van der Waals surface area contributed by atoms with Gasteiger partial charge in [-0.05, 0) is 19.8 Å². The second-order valence-electron chi connectivity index (χ2n) is 3.99. The van der Waals surface area contributed by atoms with Crippen LogP contribution in [0, 0.1) is 5.92 Å². The predicted molar refractivity (Wildman–Crippen MR) is 62.3 cm³/mol. The lowest BCUT2D eigenvalue weighted by molar-refractivity contribution is -0.141. The van der Waals surface area contributed by atoms with Gasteiger partial charge >= 0.3 is 12.0 Å². The van der Waals surface area contributed by atoms with Crippen LogP contribution in [-0.2, 0) is 4.79 Å². The van der Waals surface area contributed by atoms with Crippen LogP contribution in [0.5, 0.6) is 0 Å². The van der Waals surface area contributed by atoms with E-state index in [1.165, 1.54) is 0 Å². The fraction of sp³-hybridized carbons (Fsp3) is 0.818. The molecule has 0 fully saturated rings. The summed E-state index contributed by atoms with van der Waals surface area (Å²) in [5, 5.41) is 14.2. The minimum Gasteiger partial charge on any atom is -0.481 e. The summed E-state index contributed by atoms with van der Waals surface area (Å²) in [5.41, 5.74) is 0. The highest BCUT2D eigenvalue weighted by molar-refractivity contribution is 5.76. The Morgan fingerprint density at radius 3 is 2.38 bits per heavy atom. The van der Waals surface area contributed by atoms with Crippen molar-refractivity contribution in [2.45, 2.75) is 46.1 Å². The maximum atomic E-state index is 11.3. The Morgan fingerprint density at radius 2 is 1.94 bits per heavy atom. The molecule has 0 saturated carbocycles. The highest BCUT2D eigenvalue weighted by atomic mass is 16.4. The van der Waals surface area contributed by atoms with Gasteiger partial charge in [-0.25, -0.2) is 4.79 Å². The molecule has 0 aliphatic carbocycles. The summed E-state index contributed by atoms with van der Waals surface area (Å²) in [5.74, 6) is -1.35. The van der Waals surface area contributed by atoms with Crippen LogP contribution in [-0.4, -0.2) is 29.7 Å². The zero-order valence-electron chi connectivity index (χ0n) is 10.2. The molecule has 0 aromatic heterocycles. The van der Waals surface area contributed by atoms with Gasteiger partial charge in [-0.15, -0.1) is 0 Å². The van der Waals surface area contributed by atoms with E-state index in [-0.39, 0.29) is 18.6 Å². The highest BCUT2D eigenvalue weighted by Gasteiger charge is 2.17. The summed E-state index contributed by atoms with van der Waals surface area (Å²) >= 11 is 0. The van der Waals surface area contributed by atoms with Gasteiger partial charge in [0.15, 0.2) is 0 Å². The molecule has 16 heavy (non-hydrogen) atoms. The van der Waals surface area contributed by atoms with Gasteiger partial charge in [0.1, 0.15) is 0 Å². The first kappa shape index (κ1) is 14.7. The van der Waals surface area contributed by atoms with E-state index in [0.717, 1.165) is 12.8 Å². The van der Waals surface area contributed by atoms with Crippen molar-refractivity contribution in [2.75, 3.05) is 6.54 Å². The summed E-state index contributed by atoms with van der Waals surface area (Å²) in [6.45, 7) is 5.99. The number of carboxylic acids is 1. The molecule has 0 aromatic carbocycles. The molecule has 0 saturated heterocycles. The van der Waals surface area contributed by atoms with Gasteiger partial charge in [0, 0.05) is 12.6 Å². The molecule has 0 spiro atoms. The molecular formula is C11H22N2O3. The lowest BCUT2D eigenvalue weighted by Crippen LogP contribution is -2.43. The smallest absolute Gasteiger partial charge is 0.315 e. The first-order valence-electron chi connectivity index (χ1n) is 5.78. The van der Waals surface area contributed by atoms with Gasteiger partial charge in [0.05, 0.1) is 5.92 Å². The maximum absolute atomic E-state index is 11.3. The third-order valence-corrected chi connectivity index (χ3v) is 2.49. The molecule has 5 nitrogen and oxygen atoms in total. The van der Waals surface area contributed by atoms with Crippen molar-refractivity contribution in [2.24, 2.45) is 5.92 Å². The summed E-state index contributed by atoms with van der Waals surface area (Å²) in [7, 11) is 0. The van der Waals surface area contributed by atoms with Crippen LogP contribution < -0.4 is 10.6 Å². The molecule has 0 aliphatic rings. The number of aliphatic carboxylic acids is 1. The number of carbonyl (C=O) groups is 2. The zero-order chi connectivity index (χ0) is 12.6. The summed E-state index contributed by atoms with van der Waals surface area (Å²) in [4.78, 5) is 22.1. The highest BCUT2D eigenvalue weighted by Crippen LogP contribution is 2.04. The van der Waals surface area contributed by atoms with E-state index >= 15 is 0 Å². The molecule has 0 rings (SSSR count). The molecule has 2 amide bonds. The third-order valence-electron chi connectivity index (χ3n) is 2.49. The second-order valence-corrected chi connectivity index (χ2v) is 3.99. The van der Waals surface area contributed by atoms with Gasteiger partial charge in [-0.1, -0.05) is 20.3 Å². The van der Waals surface area contributed by atoms with Crippen molar-refractivity contribution in [3.05, 3.63) is 0 Å². The normalized spacial score (nSPS) is 13.9. The molecule has 3 N–H and O–H groups in total. The van der Waals surface area contributed by atoms with Crippen molar-refractivity contribution in [3.8, 4) is 0 Å². The lowest BCUT2D eigenvalue weighted by Gasteiger charge is -2.15. The monoisotopic (exact) mass is 230 g/mol. The lowest BCUT2D eigenvalue weighted by atomic mass is 10.0. The molecule has 2 unspecified atom stereocenters. The van der Waals surface area contributed by atoms with E-state index in [4.69, 9.17) is 5.11 Å². The molecule has 0 heterocycles. The first-order valence-corrected chi connectivity index (χ1v) is 5.78. The average molecular weight is 230 g/mol. The van der Waals surface area contributed by atoms with Gasteiger partial charge in [-0.3, -0.25) is 4.79 Å². The number of hydrogen-bond donors (Lipinski definition) is 3. The fourth-order valence-corrected chi connectivity index (χ4v) is 1.25. The van der Waals surface area contributed by atoms with E-state index in [9.17, 15) is 9.59 Å². The van der Waals surface area contributed by atoms with Crippen LogP contribution >= 0.6 is 0 Å². The number of amides is 2. The van der Waals surface area contributed by atoms with Crippen molar-refractivity contribution in [1.29, 1.82) is 0 Å². The van der Waals surface area contributed by atoms with Gasteiger partial charge < -0.3 is 15.7 Å². The number of carboxylic acid groups (broad SMARTS) is 1. The molecule has 0 bridgehead atoms. The summed E-state index contributed by atoms with van der Waals surface area (Å²) in [6.07, 6.45) is 2.23. The number of hydrogen-bond acceptors (Lipinski definition) is 2. The Labute approximate surface area is 96.6 Å². The minimum atomic E-state index is -0.856. The molecule has 0 radical (unpaired) electrons. The minimum absolute atomic E-state index is 0.106. The van der Waals surface area contributed by atoms with Crippen LogP contribution in [0.1, 0.15) is 40.0 Å². The summed E-state index contributed by atoms with van der Waals surface area (Å²) in [6, 6.07) is -0.189. The molecule has 0 aliphatic heterocycles. The van der Waals surface area contributed by atoms with Crippen LogP contribution in [0.4, 0.5) is 4.79 Å². The standard InChI is InChI=1S/C11H22N2O3/c1-4-6-9(10(14)15)7-12-11(16)13-8(3)5-2/h8-9H,4-7H2,1-3H3,(H,14,15)(H2,12,13,16). The Morgan fingerprint density at radius 1 is 1.31 bits per heavy atom. The Bertz CT molecular complexity index is 231. The maximum Gasteiger partial charge on any atom is 0.315 e. The van der Waals surface area contributed by atoms with Crippen molar-refractivity contribution in [1.82, 2.24) is 10.6 Å². The quantitative estimate of drug-likeness (QED) is 0.621. The Balaban J connectivity index is 3.91. The van der Waals surface area contributed by atoms with E-state index in [0.29, 0.717) is 6.42 Å². The van der Waals surface area contributed by atoms with Gasteiger partial charge in [0.2, 0.25) is 0 Å². The number of urea groups is 1. The fourth-order valence-electron chi connectivity index (χ4n) is 1.25. The second kappa shape index (κ2) is 7.96. The largest absolute Gasteiger partial charge is 0.481 e. The molecule has 5 heteroatoms. The topological polar surface area (TPSA) is 78.4 Å². The van der Waals surface area contributed by atoms with Gasteiger partial charge in [-0.2, -0.15) is 0 Å². The Kier molecular flexibility index (Phi) is 7.33. The molecule has 0 aromatic rings. The van der Waals surface area contributed by atoms with Crippen molar-refractivity contribution in [3.63, 3.8) is 0 Å². The van der Waals surface area contributed by atoms with Crippen LogP contribution in [0.3, 0.4) is 0 Å². The Hall–Kier alpha value is -1.26. The zero-order valence-corrected chi connectivity index (χ0v) is 10.2. The number of rotatable bonds is 7. The van der Waals surface area contributed by atoms with Crippen LogP contribution in [0.2, 0.25) is 0 Å².